The van der Waals surface area contributed by atoms with E-state index in [0.29, 0.717) is 32.2 Å². The van der Waals surface area contributed by atoms with Crippen LogP contribution in [0.5, 0.6) is 0 Å². The molecule has 0 saturated carbocycles. The first-order valence-electron chi connectivity index (χ1n) is 5.87. The van der Waals surface area contributed by atoms with Gasteiger partial charge in [0.15, 0.2) is 0 Å². The van der Waals surface area contributed by atoms with E-state index in [1.165, 1.54) is 4.90 Å². The molecule has 1 aliphatic rings. The van der Waals surface area contributed by atoms with Gasteiger partial charge >= 0.3 is 6.18 Å². The number of hydrogen-bond acceptors (Lipinski definition) is 2. The number of rotatable bonds is 1. The summed E-state index contributed by atoms with van der Waals surface area (Å²) < 4.78 is 52.1. The first kappa shape index (κ1) is 15.2. The zero-order valence-electron chi connectivity index (χ0n) is 10.2. The van der Waals surface area contributed by atoms with Crippen molar-refractivity contribution >= 4 is 21.8 Å². The van der Waals surface area contributed by atoms with E-state index in [4.69, 9.17) is 0 Å². The van der Waals surface area contributed by atoms with Gasteiger partial charge in [-0.15, -0.1) is 0 Å². The maximum Gasteiger partial charge on any atom is 0.419 e. The van der Waals surface area contributed by atoms with E-state index >= 15 is 0 Å². The standard InChI is InChI=1S/C12H11BrF4N2O/c13-8-2-1-7(12(15,16)17)10(14)9(8)11(20)19-5-3-18-4-6-19/h1-2,18H,3-6H2. The van der Waals surface area contributed by atoms with Crippen LogP contribution in [-0.2, 0) is 6.18 Å². The van der Waals surface area contributed by atoms with Gasteiger partial charge in [0, 0.05) is 30.7 Å². The molecule has 0 radical (unpaired) electrons. The monoisotopic (exact) mass is 354 g/mol. The molecule has 0 aliphatic carbocycles. The summed E-state index contributed by atoms with van der Waals surface area (Å²) >= 11 is 2.94. The molecule has 0 aromatic heterocycles. The highest BCUT2D eigenvalue weighted by atomic mass is 79.9. The van der Waals surface area contributed by atoms with Crippen molar-refractivity contribution in [2.75, 3.05) is 26.2 Å². The summed E-state index contributed by atoms with van der Waals surface area (Å²) in [6.07, 6.45) is -4.83. The van der Waals surface area contributed by atoms with Gasteiger partial charge in [0.2, 0.25) is 0 Å². The number of piperazine rings is 1. The third kappa shape index (κ3) is 2.95. The summed E-state index contributed by atoms with van der Waals surface area (Å²) in [6.45, 7) is 1.73. The maximum atomic E-state index is 14.0. The molecule has 1 heterocycles. The van der Waals surface area contributed by atoms with Crippen LogP contribution in [0.2, 0.25) is 0 Å². The van der Waals surface area contributed by atoms with E-state index < -0.39 is 29.0 Å². The zero-order valence-corrected chi connectivity index (χ0v) is 11.8. The van der Waals surface area contributed by atoms with Crippen LogP contribution < -0.4 is 5.32 Å². The van der Waals surface area contributed by atoms with Gasteiger partial charge in [-0.3, -0.25) is 4.79 Å². The molecule has 0 atom stereocenters. The normalized spacial score (nSPS) is 16.4. The molecule has 1 saturated heterocycles. The molecular formula is C12H11BrF4N2O. The lowest BCUT2D eigenvalue weighted by molar-refractivity contribution is -0.140. The van der Waals surface area contributed by atoms with Crippen LogP contribution in [0.15, 0.2) is 16.6 Å². The number of alkyl halides is 3. The number of nitrogens with one attached hydrogen (secondary N) is 1. The highest BCUT2D eigenvalue weighted by Crippen LogP contribution is 2.35. The molecule has 1 aromatic rings. The van der Waals surface area contributed by atoms with Crippen LogP contribution in [0, 0.1) is 5.82 Å². The fourth-order valence-corrected chi connectivity index (χ4v) is 2.47. The van der Waals surface area contributed by atoms with Crippen molar-refractivity contribution in [1.29, 1.82) is 0 Å². The van der Waals surface area contributed by atoms with E-state index in [1.54, 1.807) is 0 Å². The first-order valence-corrected chi connectivity index (χ1v) is 6.67. The minimum absolute atomic E-state index is 0.0199. The van der Waals surface area contributed by atoms with E-state index in [1.807, 2.05) is 0 Å². The fourth-order valence-electron chi connectivity index (χ4n) is 1.99. The van der Waals surface area contributed by atoms with E-state index in [-0.39, 0.29) is 4.47 Å². The molecule has 1 fully saturated rings. The van der Waals surface area contributed by atoms with Crippen molar-refractivity contribution in [2.24, 2.45) is 0 Å². The van der Waals surface area contributed by atoms with Crippen LogP contribution >= 0.6 is 15.9 Å². The minimum atomic E-state index is -4.83. The summed E-state index contributed by atoms with van der Waals surface area (Å²) in [7, 11) is 0. The molecule has 20 heavy (non-hydrogen) atoms. The van der Waals surface area contributed by atoms with Crippen LogP contribution in [0.1, 0.15) is 15.9 Å². The summed E-state index contributed by atoms with van der Waals surface area (Å²) in [5, 5.41) is 3.01. The third-order valence-corrected chi connectivity index (χ3v) is 3.68. The first-order chi connectivity index (χ1) is 9.32. The van der Waals surface area contributed by atoms with Gasteiger partial charge in [-0.25, -0.2) is 4.39 Å². The molecular weight excluding hydrogens is 344 g/mol. The summed E-state index contributed by atoms with van der Waals surface area (Å²) in [6, 6.07) is 1.66. The Labute approximate surface area is 121 Å². The largest absolute Gasteiger partial charge is 0.419 e. The van der Waals surface area contributed by atoms with Crippen molar-refractivity contribution < 1.29 is 22.4 Å². The number of nitrogens with zero attached hydrogens (tertiary/aromatic N) is 1. The van der Waals surface area contributed by atoms with Crippen molar-refractivity contribution in [3.8, 4) is 0 Å². The van der Waals surface area contributed by atoms with E-state index in [2.05, 4.69) is 21.2 Å². The lowest BCUT2D eigenvalue weighted by Gasteiger charge is -2.28. The van der Waals surface area contributed by atoms with Gasteiger partial charge in [-0.05, 0) is 28.1 Å². The highest BCUT2D eigenvalue weighted by molar-refractivity contribution is 9.10. The van der Waals surface area contributed by atoms with Crippen LogP contribution in [-0.4, -0.2) is 37.0 Å². The van der Waals surface area contributed by atoms with Gasteiger partial charge < -0.3 is 10.2 Å². The maximum absolute atomic E-state index is 14.0. The molecule has 0 bridgehead atoms. The lowest BCUT2D eigenvalue weighted by Crippen LogP contribution is -2.46. The van der Waals surface area contributed by atoms with Crippen LogP contribution in [0.25, 0.3) is 0 Å². The average Bonchev–Trinajstić information content (AvgIpc) is 2.38. The van der Waals surface area contributed by atoms with Crippen molar-refractivity contribution in [3.63, 3.8) is 0 Å². The quantitative estimate of drug-likeness (QED) is 0.786. The van der Waals surface area contributed by atoms with Crippen LogP contribution in [0.3, 0.4) is 0 Å². The third-order valence-electron chi connectivity index (χ3n) is 3.01. The van der Waals surface area contributed by atoms with E-state index in [0.717, 1.165) is 6.07 Å². The Kier molecular flexibility index (Phi) is 4.33. The van der Waals surface area contributed by atoms with E-state index in [9.17, 15) is 22.4 Å². The van der Waals surface area contributed by atoms with Gasteiger partial charge in [-0.2, -0.15) is 13.2 Å². The number of benzene rings is 1. The second-order valence-corrected chi connectivity index (χ2v) is 5.18. The molecule has 0 unspecified atom stereocenters. The predicted octanol–water partition coefficient (Wildman–Crippen LogP) is 2.65. The zero-order chi connectivity index (χ0) is 14.9. The Balaban J connectivity index is 2.42. The Morgan fingerprint density at radius 1 is 1.25 bits per heavy atom. The predicted molar refractivity (Wildman–Crippen MR) is 67.9 cm³/mol. The molecule has 0 spiro atoms. The number of carbonyl (C=O) groups is 1. The smallest absolute Gasteiger partial charge is 0.336 e. The van der Waals surface area contributed by atoms with Crippen molar-refractivity contribution in [3.05, 3.63) is 33.5 Å². The SMILES string of the molecule is O=C(c1c(Br)ccc(C(F)(F)F)c1F)N1CCNCC1. The molecule has 3 nitrogen and oxygen atoms in total. The van der Waals surface area contributed by atoms with Gasteiger partial charge in [0.1, 0.15) is 5.82 Å². The second-order valence-electron chi connectivity index (χ2n) is 4.32. The average molecular weight is 355 g/mol. The number of carbonyl (C=O) groups excluding carboxylic acids is 1. The van der Waals surface area contributed by atoms with Crippen LogP contribution in [0.4, 0.5) is 17.6 Å². The summed E-state index contributed by atoms with van der Waals surface area (Å²) in [5.74, 6) is -2.27. The molecule has 1 aliphatic heterocycles. The topological polar surface area (TPSA) is 32.3 Å². The molecule has 1 amide bonds. The molecule has 2 rings (SSSR count). The van der Waals surface area contributed by atoms with Crippen molar-refractivity contribution in [2.45, 2.75) is 6.18 Å². The number of hydrogen-bond donors (Lipinski definition) is 1. The van der Waals surface area contributed by atoms with Gasteiger partial charge in [0.05, 0.1) is 11.1 Å². The highest BCUT2D eigenvalue weighted by Gasteiger charge is 2.37. The Hall–Kier alpha value is -1.15. The molecule has 8 heteroatoms. The number of halogens is 5. The molecule has 110 valence electrons. The summed E-state index contributed by atoms with van der Waals surface area (Å²) in [4.78, 5) is 13.5. The minimum Gasteiger partial charge on any atom is -0.336 e. The number of amides is 1. The van der Waals surface area contributed by atoms with Crippen molar-refractivity contribution in [1.82, 2.24) is 10.2 Å². The Morgan fingerprint density at radius 3 is 2.40 bits per heavy atom. The molecule has 1 N–H and O–H groups in total. The Morgan fingerprint density at radius 2 is 1.85 bits per heavy atom. The van der Waals surface area contributed by atoms with Gasteiger partial charge in [-0.1, -0.05) is 0 Å². The molecule has 1 aromatic carbocycles. The van der Waals surface area contributed by atoms with Gasteiger partial charge in [0.25, 0.3) is 5.91 Å². The fraction of sp³-hybridized carbons (Fsp3) is 0.417. The Bertz CT molecular complexity index is 527. The second kappa shape index (κ2) is 5.69. The lowest BCUT2D eigenvalue weighted by atomic mass is 10.1. The summed E-state index contributed by atoms with van der Waals surface area (Å²) in [5.41, 5.74) is -2.00.